The normalized spacial score (nSPS) is 13.9. The molecule has 4 aromatic rings. The first-order chi connectivity index (χ1) is 13.3. The van der Waals surface area contributed by atoms with Crippen LogP contribution in [0, 0.1) is 0 Å². The van der Waals surface area contributed by atoms with Crippen LogP contribution < -0.4 is 0 Å². The van der Waals surface area contributed by atoms with Crippen LogP contribution in [-0.2, 0) is 25.7 Å². The van der Waals surface area contributed by atoms with E-state index in [-0.39, 0.29) is 0 Å². The monoisotopic (exact) mass is 366 g/mol. The highest BCUT2D eigenvalue weighted by Gasteiger charge is 2.07. The Morgan fingerprint density at radius 3 is 2.15 bits per heavy atom. The smallest absolute Gasteiger partial charge is 0.0348 e. The van der Waals surface area contributed by atoms with E-state index in [0.29, 0.717) is 0 Å². The van der Waals surface area contributed by atoms with Gasteiger partial charge in [0, 0.05) is 4.70 Å². The second-order valence-corrected chi connectivity index (χ2v) is 8.28. The molecule has 0 saturated carbocycles. The number of hydrogen-bond acceptors (Lipinski definition) is 1. The SMILES string of the molecule is C(=C\c1csc2ccccc12)/c1cc2ccc1CCc1ccc(cc1)CC2. The van der Waals surface area contributed by atoms with Crippen LogP contribution >= 0.6 is 11.3 Å². The Labute approximate surface area is 164 Å². The fourth-order valence-electron chi connectivity index (χ4n) is 3.93. The van der Waals surface area contributed by atoms with Crippen LogP contribution in [-0.4, -0.2) is 0 Å². The van der Waals surface area contributed by atoms with Crippen molar-refractivity contribution in [2.45, 2.75) is 25.7 Å². The molecule has 3 aromatic carbocycles. The van der Waals surface area contributed by atoms with Crippen molar-refractivity contribution in [1.82, 2.24) is 0 Å². The van der Waals surface area contributed by atoms with Gasteiger partial charge in [-0.1, -0.05) is 72.8 Å². The van der Waals surface area contributed by atoms with E-state index in [1.165, 1.54) is 43.5 Å². The molecule has 132 valence electrons. The summed E-state index contributed by atoms with van der Waals surface area (Å²) in [5.41, 5.74) is 8.44. The first-order valence-electron chi connectivity index (χ1n) is 9.69. The van der Waals surface area contributed by atoms with Gasteiger partial charge in [0.25, 0.3) is 0 Å². The lowest BCUT2D eigenvalue weighted by atomic mass is 9.93. The van der Waals surface area contributed by atoms with E-state index in [1.807, 2.05) is 11.3 Å². The largest absolute Gasteiger partial charge is 0.143 e. The van der Waals surface area contributed by atoms with Gasteiger partial charge in [-0.3, -0.25) is 0 Å². The molecular formula is C26H22S. The summed E-state index contributed by atoms with van der Waals surface area (Å²) in [5.74, 6) is 0. The van der Waals surface area contributed by atoms with E-state index in [9.17, 15) is 0 Å². The molecule has 0 N–H and O–H groups in total. The molecule has 4 aliphatic carbocycles. The minimum atomic E-state index is 1.09. The Morgan fingerprint density at radius 2 is 1.30 bits per heavy atom. The van der Waals surface area contributed by atoms with Crippen LogP contribution in [0.15, 0.2) is 72.1 Å². The zero-order chi connectivity index (χ0) is 18.1. The fraction of sp³-hybridized carbons (Fsp3) is 0.154. The van der Waals surface area contributed by atoms with Crippen molar-refractivity contribution >= 4 is 33.6 Å². The maximum atomic E-state index is 2.40. The third-order valence-corrected chi connectivity index (χ3v) is 6.55. The molecule has 0 atom stereocenters. The molecule has 0 aliphatic heterocycles. The van der Waals surface area contributed by atoms with Crippen molar-refractivity contribution in [1.29, 1.82) is 0 Å². The van der Waals surface area contributed by atoms with E-state index in [2.05, 4.69) is 84.3 Å². The van der Waals surface area contributed by atoms with Crippen molar-refractivity contribution in [3.8, 4) is 0 Å². The Kier molecular flexibility index (Phi) is 4.39. The van der Waals surface area contributed by atoms with Crippen LogP contribution in [0.5, 0.6) is 0 Å². The predicted molar refractivity (Wildman–Crippen MR) is 118 cm³/mol. The molecule has 1 heteroatoms. The lowest BCUT2D eigenvalue weighted by molar-refractivity contribution is 0.919. The van der Waals surface area contributed by atoms with Crippen LogP contribution in [0.4, 0.5) is 0 Å². The van der Waals surface area contributed by atoms with Crippen molar-refractivity contribution in [2.24, 2.45) is 0 Å². The van der Waals surface area contributed by atoms with Crippen molar-refractivity contribution < 1.29 is 0 Å². The first-order valence-corrected chi connectivity index (χ1v) is 10.6. The molecule has 0 amide bonds. The molecule has 0 saturated heterocycles. The summed E-state index contributed by atoms with van der Waals surface area (Å²) in [6.07, 6.45) is 9.01. The third kappa shape index (κ3) is 3.48. The maximum absolute atomic E-state index is 2.40. The van der Waals surface area contributed by atoms with E-state index >= 15 is 0 Å². The number of aryl methyl sites for hydroxylation is 4. The van der Waals surface area contributed by atoms with Gasteiger partial charge in [0.1, 0.15) is 0 Å². The summed E-state index contributed by atoms with van der Waals surface area (Å²) in [6, 6.07) is 24.9. The molecule has 0 nitrogen and oxygen atoms in total. The van der Waals surface area contributed by atoms with E-state index in [0.717, 1.165) is 25.7 Å². The van der Waals surface area contributed by atoms with Crippen molar-refractivity contribution in [3.63, 3.8) is 0 Å². The topological polar surface area (TPSA) is 0 Å². The van der Waals surface area contributed by atoms with Gasteiger partial charge < -0.3 is 0 Å². The standard InChI is InChI=1S/C26H22S/c1-2-4-26-25(3-1)24(18-27-26)16-15-23-17-21-10-9-19-5-7-20(8-6-19)11-13-22(23)14-12-21/h1-8,12,14-18H,9-11,13H2/b16-15+. The van der Waals surface area contributed by atoms with Gasteiger partial charge in [0.05, 0.1) is 0 Å². The highest BCUT2D eigenvalue weighted by atomic mass is 32.1. The van der Waals surface area contributed by atoms with Gasteiger partial charge in [0.15, 0.2) is 0 Å². The Bertz CT molecular complexity index is 1110. The molecule has 8 rings (SSSR count). The predicted octanol–water partition coefficient (Wildman–Crippen LogP) is 6.96. The van der Waals surface area contributed by atoms with E-state index < -0.39 is 0 Å². The number of thiophene rings is 1. The fourth-order valence-corrected chi connectivity index (χ4v) is 4.86. The highest BCUT2D eigenvalue weighted by Crippen LogP contribution is 2.28. The summed E-state index contributed by atoms with van der Waals surface area (Å²) in [4.78, 5) is 0. The summed E-state index contributed by atoms with van der Waals surface area (Å²) < 4.78 is 1.36. The summed E-state index contributed by atoms with van der Waals surface area (Å²) in [6.45, 7) is 0. The molecule has 4 aliphatic rings. The second-order valence-electron chi connectivity index (χ2n) is 7.37. The average molecular weight is 367 g/mol. The summed E-state index contributed by atoms with van der Waals surface area (Å²) >= 11 is 1.82. The molecule has 0 fully saturated rings. The van der Waals surface area contributed by atoms with Gasteiger partial charge in [0.2, 0.25) is 0 Å². The second kappa shape index (κ2) is 7.17. The minimum absolute atomic E-state index is 1.09. The number of fused-ring (bicyclic) bond motifs is 1. The molecular weight excluding hydrogens is 344 g/mol. The zero-order valence-electron chi connectivity index (χ0n) is 15.3. The average Bonchev–Trinajstić information content (AvgIpc) is 3.12. The third-order valence-electron chi connectivity index (χ3n) is 5.57. The molecule has 0 spiro atoms. The Morgan fingerprint density at radius 1 is 0.630 bits per heavy atom. The van der Waals surface area contributed by atoms with Gasteiger partial charge in [-0.2, -0.15) is 0 Å². The van der Waals surface area contributed by atoms with Crippen LogP contribution in [0.1, 0.15) is 33.4 Å². The van der Waals surface area contributed by atoms with E-state index in [1.54, 1.807) is 0 Å². The first kappa shape index (κ1) is 16.5. The minimum Gasteiger partial charge on any atom is -0.143 e. The molecule has 0 unspecified atom stereocenters. The summed E-state index contributed by atoms with van der Waals surface area (Å²) in [5, 5.41) is 3.62. The molecule has 4 bridgehead atoms. The number of hydrogen-bond donors (Lipinski definition) is 0. The summed E-state index contributed by atoms with van der Waals surface area (Å²) in [7, 11) is 0. The highest BCUT2D eigenvalue weighted by molar-refractivity contribution is 7.17. The molecule has 0 radical (unpaired) electrons. The zero-order valence-corrected chi connectivity index (χ0v) is 16.1. The van der Waals surface area contributed by atoms with Gasteiger partial charge in [-0.25, -0.2) is 0 Å². The molecule has 27 heavy (non-hydrogen) atoms. The molecule has 1 aromatic heterocycles. The van der Waals surface area contributed by atoms with Crippen LogP contribution in [0.2, 0.25) is 0 Å². The van der Waals surface area contributed by atoms with Crippen molar-refractivity contribution in [3.05, 3.63) is 105 Å². The van der Waals surface area contributed by atoms with Gasteiger partial charge >= 0.3 is 0 Å². The Hall–Kier alpha value is -2.64. The van der Waals surface area contributed by atoms with E-state index in [4.69, 9.17) is 0 Å². The maximum Gasteiger partial charge on any atom is 0.0348 e. The quantitative estimate of drug-likeness (QED) is 0.360. The number of benzene rings is 3. The van der Waals surface area contributed by atoms with Gasteiger partial charge in [-0.05, 0) is 75.9 Å². The van der Waals surface area contributed by atoms with Crippen LogP contribution in [0.25, 0.3) is 22.2 Å². The van der Waals surface area contributed by atoms with Crippen LogP contribution in [0.3, 0.4) is 0 Å². The number of rotatable bonds is 2. The Balaban J connectivity index is 1.50. The lowest BCUT2D eigenvalue weighted by Gasteiger charge is -2.12. The lowest BCUT2D eigenvalue weighted by Crippen LogP contribution is -2.00. The molecule has 1 heterocycles. The van der Waals surface area contributed by atoms with Gasteiger partial charge in [-0.15, -0.1) is 11.3 Å². The van der Waals surface area contributed by atoms with Crippen molar-refractivity contribution in [2.75, 3.05) is 0 Å².